The van der Waals surface area contributed by atoms with Crippen molar-refractivity contribution in [3.05, 3.63) is 62.3 Å². The number of carbonyl (C=O) groups excluding carboxylic acids is 3. The first-order valence-electron chi connectivity index (χ1n) is 11.6. The minimum absolute atomic E-state index is 0.0696. The molecule has 0 bridgehead atoms. The molecule has 1 fully saturated rings. The molecule has 0 spiro atoms. The van der Waals surface area contributed by atoms with Gasteiger partial charge in [-0.05, 0) is 61.3 Å². The standard InChI is InChI=1S/C25H29N5O3S2/c1-14-10-11-17(15(2)13-14)30(25(33)22-19(26)20(23(27)31)29-35-22)21(18-9-6-12-34-18)24(32)28-16-7-4-3-5-8-16/h6,9-13,16,21H,3-5,7-8,26H2,1-2H3,(H2,27,31)(H,28,32)/t21-/m1/s1. The Labute approximate surface area is 212 Å². The highest BCUT2D eigenvalue weighted by atomic mass is 32.1. The van der Waals surface area contributed by atoms with E-state index in [-0.39, 0.29) is 28.2 Å². The second-order valence-corrected chi connectivity index (χ2v) is 10.6. The number of nitrogens with zero attached hydrogens (tertiary/aromatic N) is 2. The summed E-state index contributed by atoms with van der Waals surface area (Å²) in [6, 6.07) is 8.57. The van der Waals surface area contributed by atoms with Crippen molar-refractivity contribution in [2.24, 2.45) is 5.73 Å². The van der Waals surface area contributed by atoms with Crippen molar-refractivity contribution in [1.82, 2.24) is 9.69 Å². The zero-order valence-electron chi connectivity index (χ0n) is 19.7. The Balaban J connectivity index is 1.83. The van der Waals surface area contributed by atoms with Gasteiger partial charge in [0.25, 0.3) is 11.8 Å². The molecule has 8 nitrogen and oxygen atoms in total. The number of nitrogens with two attached hydrogens (primary N) is 2. The van der Waals surface area contributed by atoms with Crippen LogP contribution in [0.2, 0.25) is 0 Å². The lowest BCUT2D eigenvalue weighted by Gasteiger charge is -2.33. The second-order valence-electron chi connectivity index (χ2n) is 8.86. The summed E-state index contributed by atoms with van der Waals surface area (Å²) in [7, 11) is 0. The van der Waals surface area contributed by atoms with Crippen LogP contribution in [0.15, 0.2) is 35.7 Å². The van der Waals surface area contributed by atoms with E-state index in [1.807, 2.05) is 49.6 Å². The number of nitrogens with one attached hydrogen (secondary N) is 1. The summed E-state index contributed by atoms with van der Waals surface area (Å²) in [6.45, 7) is 3.87. The Hall–Kier alpha value is -3.24. The van der Waals surface area contributed by atoms with Crippen molar-refractivity contribution >= 4 is 52.0 Å². The van der Waals surface area contributed by atoms with Gasteiger partial charge in [0.2, 0.25) is 5.91 Å². The smallest absolute Gasteiger partial charge is 0.273 e. The van der Waals surface area contributed by atoms with Gasteiger partial charge >= 0.3 is 0 Å². The van der Waals surface area contributed by atoms with Gasteiger partial charge in [-0.25, -0.2) is 0 Å². The molecule has 0 radical (unpaired) electrons. The van der Waals surface area contributed by atoms with E-state index in [0.717, 1.165) is 53.2 Å². The van der Waals surface area contributed by atoms with Crippen LogP contribution in [0.3, 0.4) is 0 Å². The van der Waals surface area contributed by atoms with Crippen LogP contribution >= 0.6 is 22.9 Å². The van der Waals surface area contributed by atoms with E-state index in [9.17, 15) is 14.4 Å². The highest BCUT2D eigenvalue weighted by Gasteiger charge is 2.38. The highest BCUT2D eigenvalue weighted by molar-refractivity contribution is 7.10. The number of hydrogen-bond donors (Lipinski definition) is 3. The number of carbonyl (C=O) groups is 3. The molecular weight excluding hydrogens is 482 g/mol. The first kappa shape index (κ1) is 24.9. The van der Waals surface area contributed by atoms with Crippen LogP contribution in [0.5, 0.6) is 0 Å². The second kappa shape index (κ2) is 10.6. The number of anilines is 2. The van der Waals surface area contributed by atoms with Crippen molar-refractivity contribution in [2.45, 2.75) is 58.0 Å². The van der Waals surface area contributed by atoms with Crippen LogP contribution in [0.4, 0.5) is 11.4 Å². The molecule has 0 aliphatic heterocycles. The zero-order chi connectivity index (χ0) is 25.1. The summed E-state index contributed by atoms with van der Waals surface area (Å²) < 4.78 is 4.01. The first-order chi connectivity index (χ1) is 16.8. The van der Waals surface area contributed by atoms with E-state index in [1.165, 1.54) is 22.7 Å². The van der Waals surface area contributed by atoms with Crippen molar-refractivity contribution < 1.29 is 14.4 Å². The number of thiophene rings is 1. The van der Waals surface area contributed by atoms with Gasteiger partial charge < -0.3 is 16.8 Å². The fourth-order valence-corrected chi connectivity index (χ4v) is 6.08. The summed E-state index contributed by atoms with van der Waals surface area (Å²) >= 11 is 2.22. The minimum Gasteiger partial charge on any atom is -0.395 e. The third-order valence-corrected chi connectivity index (χ3v) is 8.03. The Morgan fingerprint density at radius 1 is 1.14 bits per heavy atom. The average Bonchev–Trinajstić information content (AvgIpc) is 3.48. The number of aryl methyl sites for hydroxylation is 2. The Kier molecular flexibility index (Phi) is 7.51. The average molecular weight is 512 g/mol. The number of benzene rings is 1. The first-order valence-corrected chi connectivity index (χ1v) is 13.2. The van der Waals surface area contributed by atoms with E-state index < -0.39 is 17.9 Å². The number of amides is 3. The van der Waals surface area contributed by atoms with Gasteiger partial charge in [-0.15, -0.1) is 11.3 Å². The van der Waals surface area contributed by atoms with Crippen molar-refractivity contribution in [3.8, 4) is 0 Å². The van der Waals surface area contributed by atoms with E-state index in [0.29, 0.717) is 5.69 Å². The highest BCUT2D eigenvalue weighted by Crippen LogP contribution is 2.36. The van der Waals surface area contributed by atoms with Crippen LogP contribution in [0.25, 0.3) is 0 Å². The number of nitrogen functional groups attached to an aromatic ring is 1. The molecule has 2 aromatic heterocycles. The molecule has 5 N–H and O–H groups in total. The molecule has 0 saturated heterocycles. The predicted molar refractivity (Wildman–Crippen MR) is 140 cm³/mol. The van der Waals surface area contributed by atoms with Crippen LogP contribution in [0.1, 0.15) is 74.3 Å². The molecule has 0 unspecified atom stereocenters. The van der Waals surface area contributed by atoms with Crippen LogP contribution in [0, 0.1) is 13.8 Å². The van der Waals surface area contributed by atoms with Crippen LogP contribution in [-0.4, -0.2) is 28.1 Å². The molecule has 1 saturated carbocycles. The lowest BCUT2D eigenvalue weighted by atomic mass is 9.95. The maximum atomic E-state index is 14.1. The largest absolute Gasteiger partial charge is 0.395 e. The molecule has 2 heterocycles. The minimum atomic E-state index is -0.913. The number of rotatable bonds is 7. The predicted octanol–water partition coefficient (Wildman–Crippen LogP) is 4.34. The van der Waals surface area contributed by atoms with Gasteiger partial charge in [-0.1, -0.05) is 43.0 Å². The Bertz CT molecular complexity index is 1230. The van der Waals surface area contributed by atoms with Gasteiger partial charge in [0, 0.05) is 16.6 Å². The molecule has 1 aliphatic rings. The molecule has 1 atom stereocenters. The summed E-state index contributed by atoms with van der Waals surface area (Å²) in [6.07, 6.45) is 5.15. The van der Waals surface area contributed by atoms with Crippen molar-refractivity contribution in [1.29, 1.82) is 0 Å². The molecule has 3 amide bonds. The third-order valence-electron chi connectivity index (χ3n) is 6.26. The summed E-state index contributed by atoms with van der Waals surface area (Å²) in [4.78, 5) is 41.9. The molecule has 1 aliphatic carbocycles. The SMILES string of the molecule is Cc1ccc(N(C(=O)c2snc(C(N)=O)c2N)[C@@H](C(=O)NC2CCCCC2)c2cccs2)c(C)c1. The Morgan fingerprint density at radius 2 is 1.89 bits per heavy atom. The van der Waals surface area contributed by atoms with Crippen LogP contribution < -0.4 is 21.7 Å². The maximum Gasteiger partial charge on any atom is 0.273 e. The fourth-order valence-electron chi connectivity index (χ4n) is 4.53. The molecule has 4 rings (SSSR count). The molecule has 35 heavy (non-hydrogen) atoms. The van der Waals surface area contributed by atoms with E-state index >= 15 is 0 Å². The van der Waals surface area contributed by atoms with Gasteiger partial charge in [0.05, 0.1) is 5.69 Å². The van der Waals surface area contributed by atoms with Crippen molar-refractivity contribution in [3.63, 3.8) is 0 Å². The van der Waals surface area contributed by atoms with E-state index in [4.69, 9.17) is 11.5 Å². The Morgan fingerprint density at radius 3 is 2.49 bits per heavy atom. The monoisotopic (exact) mass is 511 g/mol. The number of primary amides is 1. The quantitative estimate of drug-likeness (QED) is 0.434. The maximum absolute atomic E-state index is 14.1. The molecule has 1 aromatic carbocycles. The number of hydrogen-bond acceptors (Lipinski definition) is 7. The van der Waals surface area contributed by atoms with E-state index in [2.05, 4.69) is 9.69 Å². The van der Waals surface area contributed by atoms with Crippen LogP contribution in [-0.2, 0) is 4.79 Å². The topological polar surface area (TPSA) is 131 Å². The summed E-state index contributed by atoms with van der Waals surface area (Å²) in [5, 5.41) is 5.07. The van der Waals surface area contributed by atoms with Gasteiger partial charge in [-0.3, -0.25) is 19.3 Å². The lowest BCUT2D eigenvalue weighted by Crippen LogP contribution is -2.47. The molecule has 184 valence electrons. The fraction of sp³-hybridized carbons (Fsp3) is 0.360. The molecule has 3 aromatic rings. The summed E-state index contributed by atoms with van der Waals surface area (Å²) in [5.41, 5.74) is 13.8. The zero-order valence-corrected chi connectivity index (χ0v) is 21.4. The van der Waals surface area contributed by atoms with Gasteiger partial charge in [0.1, 0.15) is 4.88 Å². The van der Waals surface area contributed by atoms with E-state index in [1.54, 1.807) is 0 Å². The summed E-state index contributed by atoms with van der Waals surface area (Å²) in [5.74, 6) is -1.55. The molecule has 10 heteroatoms. The van der Waals surface area contributed by atoms with Gasteiger partial charge in [-0.2, -0.15) is 4.37 Å². The van der Waals surface area contributed by atoms with Crippen molar-refractivity contribution in [2.75, 3.05) is 10.6 Å². The van der Waals surface area contributed by atoms with Gasteiger partial charge in [0.15, 0.2) is 11.7 Å². The third kappa shape index (κ3) is 5.23. The molecular formula is C25H29N5O3S2. The number of aromatic nitrogens is 1. The lowest BCUT2D eigenvalue weighted by molar-refractivity contribution is -0.123. The normalized spacial score (nSPS) is 14.9.